The third kappa shape index (κ3) is 4.36. The molecule has 3 aliphatic rings. The first-order valence-corrected chi connectivity index (χ1v) is 9.39. The van der Waals surface area contributed by atoms with Crippen LogP contribution < -0.4 is 0 Å². The zero-order valence-corrected chi connectivity index (χ0v) is 15.1. The molecule has 2 heterocycles. The predicted octanol–water partition coefficient (Wildman–Crippen LogP) is 5.21. The molecule has 3 nitrogen and oxygen atoms in total. The lowest BCUT2D eigenvalue weighted by Crippen LogP contribution is -2.28. The van der Waals surface area contributed by atoms with E-state index in [0.29, 0.717) is 0 Å². The first-order valence-electron chi connectivity index (χ1n) is 9.39. The summed E-state index contributed by atoms with van der Waals surface area (Å²) in [6.07, 6.45) is 16.3. The van der Waals surface area contributed by atoms with Crippen molar-refractivity contribution < 1.29 is 9.47 Å². The van der Waals surface area contributed by atoms with Gasteiger partial charge in [0.05, 0.1) is 0 Å². The molecule has 0 bridgehead atoms. The molecule has 0 unspecified atom stereocenters. The Morgan fingerprint density at radius 1 is 1.00 bits per heavy atom. The van der Waals surface area contributed by atoms with Crippen molar-refractivity contribution in [3.8, 4) is 0 Å². The highest BCUT2D eigenvalue weighted by molar-refractivity contribution is 5.30. The Bertz CT molecular complexity index is 784. The monoisotopic (exact) mass is 347 g/mol. The average Bonchev–Trinajstić information content (AvgIpc) is 2.71. The van der Waals surface area contributed by atoms with Crippen LogP contribution in [0, 0.1) is 0 Å². The predicted molar refractivity (Wildman–Crippen MR) is 104 cm³/mol. The average molecular weight is 347 g/mol. The lowest BCUT2D eigenvalue weighted by atomic mass is 10.0. The zero-order valence-electron chi connectivity index (χ0n) is 15.1. The summed E-state index contributed by atoms with van der Waals surface area (Å²) in [6.45, 7) is 2.98. The Balaban J connectivity index is 1.29. The van der Waals surface area contributed by atoms with Gasteiger partial charge in [0.25, 0.3) is 0 Å². The molecular weight excluding hydrogens is 322 g/mol. The summed E-state index contributed by atoms with van der Waals surface area (Å²) in [5, 5.41) is 0. The van der Waals surface area contributed by atoms with Gasteiger partial charge in [0.2, 0.25) is 0 Å². The SMILES string of the molecule is C1=CCCC(CC2=COC(C3=CCN(Cc4ccccc4)CC3)=CO2)=C1. The Labute approximate surface area is 155 Å². The second-order valence-corrected chi connectivity index (χ2v) is 6.97. The van der Waals surface area contributed by atoms with Crippen molar-refractivity contribution in [2.45, 2.75) is 32.2 Å². The Hall–Kier alpha value is -2.52. The zero-order chi connectivity index (χ0) is 17.6. The number of ether oxygens (including phenoxy) is 2. The summed E-state index contributed by atoms with van der Waals surface area (Å²) >= 11 is 0. The van der Waals surface area contributed by atoms with Crippen molar-refractivity contribution in [1.29, 1.82) is 0 Å². The van der Waals surface area contributed by atoms with Gasteiger partial charge in [0, 0.05) is 26.1 Å². The van der Waals surface area contributed by atoms with E-state index in [1.807, 2.05) is 0 Å². The van der Waals surface area contributed by atoms with Crippen LogP contribution in [0.25, 0.3) is 0 Å². The number of rotatable bonds is 5. The van der Waals surface area contributed by atoms with Gasteiger partial charge >= 0.3 is 0 Å². The van der Waals surface area contributed by atoms with E-state index >= 15 is 0 Å². The van der Waals surface area contributed by atoms with Gasteiger partial charge in [-0.15, -0.1) is 0 Å². The molecule has 0 radical (unpaired) electrons. The minimum absolute atomic E-state index is 0.831. The van der Waals surface area contributed by atoms with E-state index in [0.717, 1.165) is 56.8 Å². The van der Waals surface area contributed by atoms with E-state index in [4.69, 9.17) is 9.47 Å². The number of hydrogen-bond acceptors (Lipinski definition) is 3. The van der Waals surface area contributed by atoms with Crippen LogP contribution in [0.5, 0.6) is 0 Å². The normalized spacial score (nSPS) is 20.3. The highest BCUT2D eigenvalue weighted by Gasteiger charge is 2.18. The minimum atomic E-state index is 0.831. The molecule has 1 aromatic carbocycles. The molecule has 26 heavy (non-hydrogen) atoms. The van der Waals surface area contributed by atoms with E-state index in [1.54, 1.807) is 12.5 Å². The van der Waals surface area contributed by atoms with Gasteiger partial charge in [-0.1, -0.05) is 60.2 Å². The third-order valence-electron chi connectivity index (χ3n) is 4.99. The molecule has 2 aliphatic heterocycles. The Kier molecular flexibility index (Phi) is 5.36. The fourth-order valence-corrected chi connectivity index (χ4v) is 3.49. The van der Waals surface area contributed by atoms with Gasteiger partial charge < -0.3 is 9.47 Å². The van der Waals surface area contributed by atoms with Crippen LogP contribution in [0.2, 0.25) is 0 Å². The van der Waals surface area contributed by atoms with Crippen molar-refractivity contribution in [3.63, 3.8) is 0 Å². The molecule has 0 aromatic heterocycles. The summed E-state index contributed by atoms with van der Waals surface area (Å²) in [6, 6.07) is 10.6. The largest absolute Gasteiger partial charge is 0.462 e. The highest BCUT2D eigenvalue weighted by Crippen LogP contribution is 2.28. The molecule has 0 amide bonds. The minimum Gasteiger partial charge on any atom is -0.462 e. The maximum atomic E-state index is 5.87. The molecule has 0 N–H and O–H groups in total. The number of benzene rings is 1. The standard InChI is InChI=1S/C23H25NO2/c1-3-7-19(8-4-1)15-22-17-26-23(18-25-22)21-11-13-24(14-12-21)16-20-9-5-2-6-10-20/h1-3,5-7,9-11,17-18H,4,8,12-16H2. The van der Waals surface area contributed by atoms with E-state index in [-0.39, 0.29) is 0 Å². The molecule has 0 saturated carbocycles. The van der Waals surface area contributed by atoms with Crippen LogP contribution in [0.4, 0.5) is 0 Å². The van der Waals surface area contributed by atoms with Crippen molar-refractivity contribution in [1.82, 2.24) is 4.90 Å². The maximum absolute atomic E-state index is 5.87. The smallest absolute Gasteiger partial charge is 0.164 e. The van der Waals surface area contributed by atoms with Gasteiger partial charge in [0.1, 0.15) is 18.3 Å². The van der Waals surface area contributed by atoms with Crippen molar-refractivity contribution in [2.75, 3.05) is 13.1 Å². The lowest BCUT2D eigenvalue weighted by Gasteiger charge is -2.27. The molecule has 134 valence electrons. The summed E-state index contributed by atoms with van der Waals surface area (Å²) in [7, 11) is 0. The second kappa shape index (κ2) is 8.24. The van der Waals surface area contributed by atoms with E-state index in [2.05, 4.69) is 59.5 Å². The van der Waals surface area contributed by atoms with Crippen LogP contribution >= 0.6 is 0 Å². The number of nitrogens with zero attached hydrogens (tertiary/aromatic N) is 1. The van der Waals surface area contributed by atoms with Crippen molar-refractivity contribution >= 4 is 0 Å². The van der Waals surface area contributed by atoms with Gasteiger partial charge in [-0.2, -0.15) is 0 Å². The molecule has 0 saturated heterocycles. The van der Waals surface area contributed by atoms with E-state index in [1.165, 1.54) is 16.7 Å². The molecule has 0 atom stereocenters. The van der Waals surface area contributed by atoms with Crippen LogP contribution in [0.3, 0.4) is 0 Å². The summed E-state index contributed by atoms with van der Waals surface area (Å²) < 4.78 is 11.7. The lowest BCUT2D eigenvalue weighted by molar-refractivity contribution is 0.221. The van der Waals surface area contributed by atoms with Gasteiger partial charge in [0.15, 0.2) is 5.76 Å². The first-order chi connectivity index (χ1) is 12.9. The molecule has 3 heteroatoms. The van der Waals surface area contributed by atoms with Gasteiger partial charge in [-0.3, -0.25) is 4.90 Å². The molecule has 4 rings (SSSR count). The fourth-order valence-electron chi connectivity index (χ4n) is 3.49. The van der Waals surface area contributed by atoms with Crippen LogP contribution in [0.1, 0.15) is 31.2 Å². The fraction of sp³-hybridized carbons (Fsp3) is 0.304. The van der Waals surface area contributed by atoms with Crippen LogP contribution in [0.15, 0.2) is 89.8 Å². The topological polar surface area (TPSA) is 21.7 Å². The second-order valence-electron chi connectivity index (χ2n) is 6.97. The van der Waals surface area contributed by atoms with Crippen LogP contribution in [-0.4, -0.2) is 18.0 Å². The highest BCUT2D eigenvalue weighted by atomic mass is 16.5. The van der Waals surface area contributed by atoms with Crippen LogP contribution in [-0.2, 0) is 16.0 Å². The Morgan fingerprint density at radius 3 is 2.62 bits per heavy atom. The van der Waals surface area contributed by atoms with E-state index in [9.17, 15) is 0 Å². The molecule has 0 fully saturated rings. The molecule has 1 aliphatic carbocycles. The number of allylic oxidation sites excluding steroid dienone is 5. The quantitative estimate of drug-likeness (QED) is 0.729. The molecule has 0 spiro atoms. The van der Waals surface area contributed by atoms with Gasteiger partial charge in [-0.05, 0) is 30.4 Å². The summed E-state index contributed by atoms with van der Waals surface area (Å²) in [5.41, 5.74) is 4.00. The Morgan fingerprint density at radius 2 is 1.92 bits per heavy atom. The van der Waals surface area contributed by atoms with Gasteiger partial charge in [-0.25, -0.2) is 0 Å². The molecule has 1 aromatic rings. The van der Waals surface area contributed by atoms with Crippen molar-refractivity contribution in [2.24, 2.45) is 0 Å². The van der Waals surface area contributed by atoms with Crippen molar-refractivity contribution in [3.05, 3.63) is 95.4 Å². The first kappa shape index (κ1) is 16.9. The number of hydrogen-bond donors (Lipinski definition) is 0. The third-order valence-corrected chi connectivity index (χ3v) is 4.99. The van der Waals surface area contributed by atoms with E-state index < -0.39 is 0 Å². The maximum Gasteiger partial charge on any atom is 0.164 e. The molecular formula is C23H25NO2. The summed E-state index contributed by atoms with van der Waals surface area (Å²) in [4.78, 5) is 2.45. The summed E-state index contributed by atoms with van der Waals surface area (Å²) in [5.74, 6) is 1.74.